The molecule has 2 atom stereocenters. The molecule has 2 amide bonds. The maximum atomic E-state index is 12.2. The maximum Gasteiger partial charge on any atom is 0.321 e. The zero-order valence-corrected chi connectivity index (χ0v) is 13.0. The van der Waals surface area contributed by atoms with Crippen LogP contribution in [-0.2, 0) is 4.79 Å². The van der Waals surface area contributed by atoms with E-state index in [-0.39, 0.29) is 18.5 Å². The minimum absolute atomic E-state index is 0.0255. The minimum Gasteiger partial charge on any atom is -0.481 e. The number of likely N-dealkylation sites (tertiary alicyclic amines) is 1. The molecule has 1 aromatic carbocycles. The van der Waals surface area contributed by atoms with Crippen molar-refractivity contribution in [2.75, 3.05) is 18.4 Å². The van der Waals surface area contributed by atoms with Crippen molar-refractivity contribution < 1.29 is 14.7 Å². The largest absolute Gasteiger partial charge is 0.481 e. The summed E-state index contributed by atoms with van der Waals surface area (Å²) in [6.07, 6.45) is 0. The van der Waals surface area contributed by atoms with Gasteiger partial charge in [0.1, 0.15) is 0 Å². The fourth-order valence-electron chi connectivity index (χ4n) is 2.47. The van der Waals surface area contributed by atoms with Crippen LogP contribution in [0.2, 0.25) is 0 Å². The molecule has 0 radical (unpaired) electrons. The number of carbonyl (C=O) groups is 2. The highest BCUT2D eigenvalue weighted by atomic mass is 79.9. The number of aliphatic carboxylic acids is 1. The van der Waals surface area contributed by atoms with E-state index in [2.05, 4.69) is 21.2 Å². The molecule has 6 heteroatoms. The summed E-state index contributed by atoms with van der Waals surface area (Å²) in [6.45, 7) is 4.53. The molecule has 1 aromatic rings. The Morgan fingerprint density at radius 3 is 2.60 bits per heavy atom. The molecule has 1 aliphatic heterocycles. The molecular weight excluding hydrogens is 324 g/mol. The summed E-state index contributed by atoms with van der Waals surface area (Å²) in [5.41, 5.74) is 1.74. The number of amides is 2. The van der Waals surface area contributed by atoms with Crippen molar-refractivity contribution in [3.63, 3.8) is 0 Å². The number of halogens is 1. The van der Waals surface area contributed by atoms with Crippen LogP contribution in [-0.4, -0.2) is 35.1 Å². The topological polar surface area (TPSA) is 69.6 Å². The van der Waals surface area contributed by atoms with Crippen molar-refractivity contribution in [1.82, 2.24) is 4.90 Å². The fraction of sp³-hybridized carbons (Fsp3) is 0.429. The summed E-state index contributed by atoms with van der Waals surface area (Å²) >= 11 is 3.38. The van der Waals surface area contributed by atoms with Gasteiger partial charge in [0.15, 0.2) is 0 Å². The predicted molar refractivity (Wildman–Crippen MR) is 79.8 cm³/mol. The van der Waals surface area contributed by atoms with Crippen molar-refractivity contribution in [1.29, 1.82) is 0 Å². The van der Waals surface area contributed by atoms with E-state index >= 15 is 0 Å². The van der Waals surface area contributed by atoms with E-state index in [1.807, 2.05) is 32.0 Å². The summed E-state index contributed by atoms with van der Waals surface area (Å²) in [6, 6.07) is 5.39. The van der Waals surface area contributed by atoms with E-state index in [4.69, 9.17) is 5.11 Å². The zero-order valence-electron chi connectivity index (χ0n) is 11.4. The van der Waals surface area contributed by atoms with E-state index in [1.165, 1.54) is 0 Å². The Hall–Kier alpha value is -1.56. The standard InChI is InChI=1S/C14H17BrN2O3/c1-8-3-10(15)5-11(4-8)16-14(20)17-6-9(2)12(7-17)13(18)19/h3-5,9,12H,6-7H2,1-2H3,(H,16,20)(H,18,19). The first-order valence-corrected chi connectivity index (χ1v) is 7.22. The van der Waals surface area contributed by atoms with E-state index in [0.29, 0.717) is 12.2 Å². The SMILES string of the molecule is Cc1cc(Br)cc(NC(=O)N2CC(C)C(C(=O)O)C2)c1. The molecule has 1 saturated heterocycles. The highest BCUT2D eigenvalue weighted by molar-refractivity contribution is 9.10. The smallest absolute Gasteiger partial charge is 0.321 e. The van der Waals surface area contributed by atoms with E-state index in [9.17, 15) is 9.59 Å². The molecule has 2 N–H and O–H groups in total. The molecule has 0 aliphatic carbocycles. The van der Waals surface area contributed by atoms with Gasteiger partial charge >= 0.3 is 12.0 Å². The van der Waals surface area contributed by atoms with Crippen LogP contribution in [0.1, 0.15) is 12.5 Å². The summed E-state index contributed by atoms with van der Waals surface area (Å²) in [4.78, 5) is 24.8. The number of hydrogen-bond donors (Lipinski definition) is 2. The third kappa shape index (κ3) is 3.30. The third-order valence-electron chi connectivity index (χ3n) is 3.51. The number of nitrogens with zero attached hydrogens (tertiary/aromatic N) is 1. The van der Waals surface area contributed by atoms with E-state index in [0.717, 1.165) is 10.0 Å². The molecule has 0 bridgehead atoms. The van der Waals surface area contributed by atoms with Gasteiger partial charge in [-0.1, -0.05) is 22.9 Å². The van der Waals surface area contributed by atoms with E-state index in [1.54, 1.807) is 4.90 Å². The quantitative estimate of drug-likeness (QED) is 0.869. The number of anilines is 1. The number of rotatable bonds is 2. The van der Waals surface area contributed by atoms with Crippen molar-refractivity contribution >= 4 is 33.6 Å². The number of benzene rings is 1. The van der Waals surface area contributed by atoms with Gasteiger partial charge in [-0.3, -0.25) is 4.79 Å². The number of urea groups is 1. The van der Waals surface area contributed by atoms with Gasteiger partial charge in [-0.2, -0.15) is 0 Å². The van der Waals surface area contributed by atoms with Gasteiger partial charge in [0.25, 0.3) is 0 Å². The van der Waals surface area contributed by atoms with Gasteiger partial charge in [-0.25, -0.2) is 4.79 Å². The summed E-state index contributed by atoms with van der Waals surface area (Å²) < 4.78 is 0.894. The average Bonchev–Trinajstić information content (AvgIpc) is 2.70. The molecule has 1 aliphatic rings. The van der Waals surface area contributed by atoms with Crippen LogP contribution in [0, 0.1) is 18.8 Å². The van der Waals surface area contributed by atoms with Crippen molar-refractivity contribution in [3.05, 3.63) is 28.2 Å². The molecule has 20 heavy (non-hydrogen) atoms. The average molecular weight is 341 g/mol. The lowest BCUT2D eigenvalue weighted by Crippen LogP contribution is -2.33. The van der Waals surface area contributed by atoms with Gasteiger partial charge in [0.2, 0.25) is 0 Å². The molecule has 0 aromatic heterocycles. The molecule has 0 spiro atoms. The summed E-state index contributed by atoms with van der Waals surface area (Å²) in [5.74, 6) is -1.35. The lowest BCUT2D eigenvalue weighted by Gasteiger charge is -2.17. The highest BCUT2D eigenvalue weighted by Gasteiger charge is 2.36. The Labute approximate surface area is 126 Å². The Morgan fingerprint density at radius 2 is 2.05 bits per heavy atom. The van der Waals surface area contributed by atoms with Crippen molar-refractivity contribution in [2.45, 2.75) is 13.8 Å². The fourth-order valence-corrected chi connectivity index (χ4v) is 3.07. The summed E-state index contributed by atoms with van der Waals surface area (Å²) in [7, 11) is 0. The number of aryl methyl sites for hydroxylation is 1. The highest BCUT2D eigenvalue weighted by Crippen LogP contribution is 2.25. The number of carboxylic acids is 1. The Morgan fingerprint density at radius 1 is 1.35 bits per heavy atom. The lowest BCUT2D eigenvalue weighted by atomic mass is 9.99. The number of hydrogen-bond acceptors (Lipinski definition) is 2. The van der Waals surface area contributed by atoms with Gasteiger partial charge < -0.3 is 15.3 Å². The number of carboxylic acid groups (broad SMARTS) is 1. The predicted octanol–water partition coefficient (Wildman–Crippen LogP) is 2.94. The Bertz CT molecular complexity index is 527. The molecule has 1 heterocycles. The van der Waals surface area contributed by atoms with Crippen molar-refractivity contribution in [3.8, 4) is 0 Å². The molecular formula is C14H17BrN2O3. The first kappa shape index (κ1) is 14.8. The Balaban J connectivity index is 2.04. The lowest BCUT2D eigenvalue weighted by molar-refractivity contribution is -0.142. The molecule has 108 valence electrons. The van der Waals surface area contributed by atoms with Crippen LogP contribution in [0.3, 0.4) is 0 Å². The molecule has 5 nitrogen and oxygen atoms in total. The van der Waals surface area contributed by atoms with E-state index < -0.39 is 11.9 Å². The van der Waals surface area contributed by atoms with Crippen LogP contribution in [0.4, 0.5) is 10.5 Å². The third-order valence-corrected chi connectivity index (χ3v) is 3.97. The minimum atomic E-state index is -0.842. The summed E-state index contributed by atoms with van der Waals surface area (Å²) in [5, 5.41) is 11.9. The van der Waals surface area contributed by atoms with Crippen LogP contribution in [0.5, 0.6) is 0 Å². The van der Waals surface area contributed by atoms with Crippen LogP contribution in [0.15, 0.2) is 22.7 Å². The van der Waals surface area contributed by atoms with Gasteiger partial charge in [0, 0.05) is 23.2 Å². The van der Waals surface area contributed by atoms with Gasteiger partial charge in [-0.05, 0) is 36.6 Å². The zero-order chi connectivity index (χ0) is 14.9. The van der Waals surface area contributed by atoms with Crippen molar-refractivity contribution in [2.24, 2.45) is 11.8 Å². The maximum absolute atomic E-state index is 12.2. The second kappa shape index (κ2) is 5.83. The molecule has 1 fully saturated rings. The number of nitrogens with one attached hydrogen (secondary N) is 1. The molecule has 2 rings (SSSR count). The van der Waals surface area contributed by atoms with Crippen LogP contribution in [0.25, 0.3) is 0 Å². The second-order valence-electron chi connectivity index (χ2n) is 5.27. The normalized spacial score (nSPS) is 21.9. The van der Waals surface area contributed by atoms with Crippen LogP contribution < -0.4 is 5.32 Å². The first-order chi connectivity index (χ1) is 9.36. The molecule has 2 unspecified atom stereocenters. The molecule has 0 saturated carbocycles. The number of carbonyl (C=O) groups excluding carboxylic acids is 1. The van der Waals surface area contributed by atoms with Crippen LogP contribution >= 0.6 is 15.9 Å². The first-order valence-electron chi connectivity index (χ1n) is 6.42. The monoisotopic (exact) mass is 340 g/mol. The Kier molecular flexibility index (Phi) is 4.32. The van der Waals surface area contributed by atoms with Gasteiger partial charge in [-0.15, -0.1) is 0 Å². The second-order valence-corrected chi connectivity index (χ2v) is 6.19. The van der Waals surface area contributed by atoms with Gasteiger partial charge in [0.05, 0.1) is 5.92 Å².